The van der Waals surface area contributed by atoms with Gasteiger partial charge in [0.2, 0.25) is 5.95 Å². The van der Waals surface area contributed by atoms with Crippen molar-refractivity contribution in [2.75, 3.05) is 24.5 Å². The number of amidine groups is 1. The number of benzene rings is 1. The summed E-state index contributed by atoms with van der Waals surface area (Å²) in [6.07, 6.45) is 10.3. The molecule has 0 aliphatic carbocycles. The van der Waals surface area contributed by atoms with Gasteiger partial charge in [0, 0.05) is 78.4 Å². The SMILES string of the molecule is C[C@@H]1CN(C(=NC=N)c2cc(-c3cnn(C)c3)c[nH]2)CCN1c1ncc(Sc2ccccc2F)cn1. The summed E-state index contributed by atoms with van der Waals surface area (Å²) in [4.78, 5) is 22.4. The number of rotatable bonds is 6. The van der Waals surface area contributed by atoms with Crippen molar-refractivity contribution < 1.29 is 4.39 Å². The molecule has 0 radical (unpaired) electrons. The summed E-state index contributed by atoms with van der Waals surface area (Å²) in [6.45, 7) is 4.22. The Hall–Kier alpha value is -3.99. The second-order valence-corrected chi connectivity index (χ2v) is 9.64. The highest BCUT2D eigenvalue weighted by atomic mass is 32.2. The highest BCUT2D eigenvalue weighted by molar-refractivity contribution is 7.99. The van der Waals surface area contributed by atoms with Crippen molar-refractivity contribution in [3.8, 4) is 11.1 Å². The Balaban J connectivity index is 1.27. The number of hydrogen-bond acceptors (Lipinski definition) is 6. The van der Waals surface area contributed by atoms with Gasteiger partial charge in [-0.25, -0.2) is 19.4 Å². The number of aromatic amines is 1. The molecule has 11 heteroatoms. The molecule has 1 aliphatic heterocycles. The Morgan fingerprint density at radius 2 is 2.00 bits per heavy atom. The van der Waals surface area contributed by atoms with Gasteiger partial charge in [-0.2, -0.15) is 5.10 Å². The number of piperazine rings is 1. The van der Waals surface area contributed by atoms with Gasteiger partial charge in [0.15, 0.2) is 5.84 Å². The number of hydrogen-bond donors (Lipinski definition) is 2. The number of halogens is 1. The maximum Gasteiger partial charge on any atom is 0.225 e. The molecule has 5 rings (SSSR count). The van der Waals surface area contributed by atoms with E-state index in [0.717, 1.165) is 33.9 Å². The van der Waals surface area contributed by atoms with Crippen LogP contribution < -0.4 is 4.90 Å². The second kappa shape index (κ2) is 10.3. The number of aryl methyl sites for hydroxylation is 1. The molecule has 9 nitrogen and oxygen atoms in total. The third-order valence-corrected chi connectivity index (χ3v) is 7.01. The van der Waals surface area contributed by atoms with Crippen LogP contribution in [-0.2, 0) is 7.05 Å². The third kappa shape index (κ3) is 5.01. The van der Waals surface area contributed by atoms with Crippen LogP contribution in [0.4, 0.5) is 10.3 Å². The van der Waals surface area contributed by atoms with Gasteiger partial charge in [-0.15, -0.1) is 0 Å². The zero-order valence-electron chi connectivity index (χ0n) is 20.0. The fraction of sp³-hybridized carbons (Fsp3) is 0.240. The van der Waals surface area contributed by atoms with E-state index in [-0.39, 0.29) is 11.9 Å². The number of H-pyrrole nitrogens is 1. The van der Waals surface area contributed by atoms with Crippen molar-refractivity contribution in [1.82, 2.24) is 29.6 Å². The van der Waals surface area contributed by atoms with Crippen molar-refractivity contribution in [2.24, 2.45) is 12.0 Å². The molecule has 4 aromatic rings. The van der Waals surface area contributed by atoms with Gasteiger partial charge in [0.1, 0.15) is 12.2 Å². The monoisotopic (exact) mass is 503 g/mol. The fourth-order valence-electron chi connectivity index (χ4n) is 4.26. The van der Waals surface area contributed by atoms with Crippen LogP contribution in [-0.4, -0.2) is 67.5 Å². The minimum atomic E-state index is -0.256. The first-order chi connectivity index (χ1) is 17.5. The Kier molecular flexibility index (Phi) is 6.81. The first kappa shape index (κ1) is 23.7. The summed E-state index contributed by atoms with van der Waals surface area (Å²) >= 11 is 1.31. The summed E-state index contributed by atoms with van der Waals surface area (Å²) in [5.41, 5.74) is 2.88. The molecular formula is C25H26FN9S. The van der Waals surface area contributed by atoms with Crippen LogP contribution in [0.15, 0.2) is 76.1 Å². The van der Waals surface area contributed by atoms with Crippen molar-refractivity contribution in [2.45, 2.75) is 22.8 Å². The van der Waals surface area contributed by atoms with Crippen molar-refractivity contribution in [3.05, 3.63) is 72.8 Å². The summed E-state index contributed by atoms with van der Waals surface area (Å²) in [5.74, 6) is 1.11. The number of nitrogens with one attached hydrogen (secondary N) is 2. The lowest BCUT2D eigenvalue weighted by Crippen LogP contribution is -2.54. The van der Waals surface area contributed by atoms with Crippen molar-refractivity contribution >= 4 is 29.9 Å². The molecule has 0 unspecified atom stereocenters. The van der Waals surface area contributed by atoms with Gasteiger partial charge in [0.05, 0.1) is 11.9 Å². The average Bonchev–Trinajstić information content (AvgIpc) is 3.54. The predicted octanol–water partition coefficient (Wildman–Crippen LogP) is 4.06. The largest absolute Gasteiger partial charge is 0.358 e. The molecule has 0 bridgehead atoms. The molecular weight excluding hydrogens is 477 g/mol. The summed E-state index contributed by atoms with van der Waals surface area (Å²) in [7, 11) is 1.89. The van der Waals surface area contributed by atoms with Crippen LogP contribution >= 0.6 is 11.8 Å². The molecule has 1 atom stereocenters. The zero-order valence-corrected chi connectivity index (χ0v) is 20.8. The lowest BCUT2D eigenvalue weighted by Gasteiger charge is -2.41. The Morgan fingerprint density at radius 3 is 2.69 bits per heavy atom. The van der Waals surface area contributed by atoms with E-state index in [0.29, 0.717) is 30.5 Å². The highest BCUT2D eigenvalue weighted by Crippen LogP contribution is 2.29. The van der Waals surface area contributed by atoms with E-state index < -0.39 is 0 Å². The molecule has 36 heavy (non-hydrogen) atoms. The maximum absolute atomic E-state index is 14.0. The van der Waals surface area contributed by atoms with Crippen LogP contribution in [0.2, 0.25) is 0 Å². The van der Waals surface area contributed by atoms with E-state index in [1.54, 1.807) is 29.2 Å². The molecule has 1 aromatic carbocycles. The average molecular weight is 504 g/mol. The maximum atomic E-state index is 14.0. The van der Waals surface area contributed by atoms with E-state index in [1.807, 2.05) is 37.8 Å². The number of aliphatic imine (C=N–C) groups is 1. The van der Waals surface area contributed by atoms with Crippen LogP contribution in [0.1, 0.15) is 12.6 Å². The molecule has 184 valence electrons. The van der Waals surface area contributed by atoms with Crippen molar-refractivity contribution in [1.29, 1.82) is 5.41 Å². The third-order valence-electron chi connectivity index (χ3n) is 6.01. The Bertz CT molecular complexity index is 1380. The lowest BCUT2D eigenvalue weighted by atomic mass is 10.1. The fourth-order valence-corrected chi connectivity index (χ4v) is 5.03. The quantitative estimate of drug-likeness (QED) is 0.304. The smallest absolute Gasteiger partial charge is 0.225 e. The number of aromatic nitrogens is 5. The number of nitrogens with zero attached hydrogens (tertiary/aromatic N) is 7. The summed E-state index contributed by atoms with van der Waals surface area (Å²) in [6, 6.07) is 8.82. The Labute approximate surface area is 212 Å². The van der Waals surface area contributed by atoms with Crippen LogP contribution in [0.25, 0.3) is 11.1 Å². The molecule has 0 amide bonds. The first-order valence-corrected chi connectivity index (χ1v) is 12.3. The molecule has 0 saturated carbocycles. The standard InChI is InChI=1S/C25H26FN9S/c1-17-14-34(24(31-16-27)22-9-18(10-28-22)19-11-32-33(2)15-19)7-8-35(17)25-29-12-20(13-30-25)36-23-6-4-3-5-21(23)26/h3-6,9-13,15-17,27-28H,7-8,14H2,1-2H3/t17-/m1/s1. The summed E-state index contributed by atoms with van der Waals surface area (Å²) in [5, 5.41) is 11.8. The van der Waals surface area contributed by atoms with Crippen LogP contribution in [0.5, 0.6) is 0 Å². The minimum absolute atomic E-state index is 0.118. The van der Waals surface area contributed by atoms with Gasteiger partial charge < -0.3 is 14.8 Å². The zero-order chi connectivity index (χ0) is 25.1. The molecule has 3 aromatic heterocycles. The van der Waals surface area contributed by atoms with Gasteiger partial charge in [-0.05, 0) is 25.1 Å². The predicted molar refractivity (Wildman–Crippen MR) is 139 cm³/mol. The number of anilines is 1. The topological polar surface area (TPSA) is 102 Å². The van der Waals surface area contributed by atoms with Gasteiger partial charge in [-0.1, -0.05) is 23.9 Å². The normalized spacial score (nSPS) is 16.4. The molecule has 2 N–H and O–H groups in total. The van der Waals surface area contributed by atoms with E-state index in [9.17, 15) is 4.39 Å². The second-order valence-electron chi connectivity index (χ2n) is 8.53. The lowest BCUT2D eigenvalue weighted by molar-refractivity contribution is 0.335. The van der Waals surface area contributed by atoms with E-state index >= 15 is 0 Å². The van der Waals surface area contributed by atoms with Gasteiger partial charge >= 0.3 is 0 Å². The Morgan fingerprint density at radius 1 is 1.19 bits per heavy atom. The molecule has 1 aliphatic rings. The van der Waals surface area contributed by atoms with Crippen LogP contribution in [0.3, 0.4) is 0 Å². The van der Waals surface area contributed by atoms with E-state index in [1.165, 1.54) is 17.8 Å². The van der Waals surface area contributed by atoms with Crippen molar-refractivity contribution in [3.63, 3.8) is 0 Å². The van der Waals surface area contributed by atoms with E-state index in [2.05, 4.69) is 41.8 Å². The molecule has 1 saturated heterocycles. The molecule has 1 fully saturated rings. The molecule has 0 spiro atoms. The first-order valence-electron chi connectivity index (χ1n) is 11.5. The van der Waals surface area contributed by atoms with Crippen LogP contribution in [0, 0.1) is 11.2 Å². The minimum Gasteiger partial charge on any atom is -0.358 e. The highest BCUT2D eigenvalue weighted by Gasteiger charge is 2.28. The van der Waals surface area contributed by atoms with E-state index in [4.69, 9.17) is 5.41 Å². The summed E-state index contributed by atoms with van der Waals surface area (Å²) < 4.78 is 15.7. The van der Waals surface area contributed by atoms with Gasteiger partial charge in [0.25, 0.3) is 0 Å². The molecule has 4 heterocycles. The van der Waals surface area contributed by atoms with Gasteiger partial charge in [-0.3, -0.25) is 10.1 Å².